The highest BCUT2D eigenvalue weighted by Gasteiger charge is 2.57. The molecule has 2 bridgehead atoms. The highest BCUT2D eigenvalue weighted by molar-refractivity contribution is 5.97. The fourth-order valence-corrected chi connectivity index (χ4v) is 10.2. The van der Waals surface area contributed by atoms with E-state index in [0.717, 1.165) is 48.1 Å². The van der Waals surface area contributed by atoms with E-state index in [9.17, 15) is 24.9 Å². The maximum atomic E-state index is 14.3. The molecular formula is C46H67N5O7. The molecule has 0 radical (unpaired) electrons. The number of para-hydroxylation sites is 1. The van der Waals surface area contributed by atoms with Crippen LogP contribution in [0.4, 0.5) is 5.69 Å². The van der Waals surface area contributed by atoms with Crippen LogP contribution in [0.15, 0.2) is 60.2 Å². The van der Waals surface area contributed by atoms with Crippen LogP contribution in [0.5, 0.6) is 5.75 Å². The van der Waals surface area contributed by atoms with Gasteiger partial charge < -0.3 is 40.5 Å². The molecule has 0 spiro atoms. The summed E-state index contributed by atoms with van der Waals surface area (Å²) in [6, 6.07) is 10.5. The molecule has 3 saturated carbocycles. The van der Waals surface area contributed by atoms with Crippen LogP contribution in [-0.2, 0) is 16.2 Å². The second kappa shape index (κ2) is 18.6. The van der Waals surface area contributed by atoms with Gasteiger partial charge in [0.2, 0.25) is 5.91 Å². The summed E-state index contributed by atoms with van der Waals surface area (Å²) in [6.45, 7) is 9.32. The van der Waals surface area contributed by atoms with E-state index < -0.39 is 24.2 Å². The van der Waals surface area contributed by atoms with E-state index >= 15 is 0 Å². The number of amides is 2. The Kier molecular flexibility index (Phi) is 14.1. The number of anilines is 1. The quantitative estimate of drug-likeness (QED) is 0.152. The molecule has 0 unspecified atom stereocenters. The molecule has 9 atom stereocenters. The molecule has 2 amide bonds. The molecule has 12 heteroatoms. The van der Waals surface area contributed by atoms with Gasteiger partial charge in [-0.3, -0.25) is 14.4 Å². The Morgan fingerprint density at radius 3 is 2.50 bits per heavy atom. The standard InChI is InChI=1S/C46H67N5O7/c1-28-38-23-34(46(38,3)4)24-39(28)48-45(56)42-41(29(2)54)40(27-53)58-51(42)25-31-15-12-16-37(43(31)57-8)32-20-33(22-36(21-32)50(7)17-18-52)44(55)47-35(26-49(5)6)19-30-13-10-9-11-14-30/h10,12-16,20-22,28-29,34-35,38-42,52-54H,9,11,17-19,23-27H2,1-8H3,(H,47,55)(H,48,56)/t28-,29-,34+,35-,38-,39-,40-,41+,42-/m0/s1. The third-order valence-electron chi connectivity index (χ3n) is 13.5. The normalized spacial score (nSPS) is 27.4. The van der Waals surface area contributed by atoms with E-state index in [0.29, 0.717) is 42.2 Å². The first-order valence-corrected chi connectivity index (χ1v) is 21.1. The van der Waals surface area contributed by atoms with Crippen LogP contribution >= 0.6 is 0 Å². The Morgan fingerprint density at radius 2 is 1.88 bits per heavy atom. The van der Waals surface area contributed by atoms with Crippen LogP contribution in [0.2, 0.25) is 0 Å². The van der Waals surface area contributed by atoms with Gasteiger partial charge in [0.1, 0.15) is 17.9 Å². The molecule has 1 saturated heterocycles. The second-order valence-electron chi connectivity index (χ2n) is 18.0. The minimum atomic E-state index is -0.918. The van der Waals surface area contributed by atoms with Crippen molar-refractivity contribution in [2.24, 2.45) is 29.1 Å². The summed E-state index contributed by atoms with van der Waals surface area (Å²) >= 11 is 0. The van der Waals surface area contributed by atoms with Gasteiger partial charge in [0, 0.05) is 60.5 Å². The van der Waals surface area contributed by atoms with E-state index in [1.54, 1.807) is 19.1 Å². The number of hydrogen-bond donors (Lipinski definition) is 5. The zero-order valence-corrected chi connectivity index (χ0v) is 35.8. The number of carbonyl (C=O) groups excluding carboxylic acids is 2. The van der Waals surface area contributed by atoms with Crippen molar-refractivity contribution in [3.05, 3.63) is 71.3 Å². The molecule has 4 fully saturated rings. The average Bonchev–Trinajstić information content (AvgIpc) is 3.57. The molecule has 12 nitrogen and oxygen atoms in total. The molecular weight excluding hydrogens is 735 g/mol. The van der Waals surface area contributed by atoms with Crippen LogP contribution in [0.1, 0.15) is 75.7 Å². The molecule has 318 valence electrons. The molecule has 0 aromatic heterocycles. The third-order valence-corrected chi connectivity index (χ3v) is 13.5. The molecule has 5 N–H and O–H groups in total. The van der Waals surface area contributed by atoms with Crippen molar-refractivity contribution in [1.29, 1.82) is 0 Å². The summed E-state index contributed by atoms with van der Waals surface area (Å²) < 4.78 is 6.12. The lowest BCUT2D eigenvalue weighted by Gasteiger charge is -2.62. The maximum absolute atomic E-state index is 14.3. The SMILES string of the molecule is COc1c(CN2O[C@@H](CO)[C@@H]([C@H](C)O)[C@H]2C(=O)N[C@H]2C[C@H]3C[C@@H]([C@@H]2C)C3(C)C)cccc1-c1cc(C(=O)N[C@@H](CC2=CCCC=C2)CN(C)C)cc(N(C)CCO)c1. The van der Waals surface area contributed by atoms with Gasteiger partial charge in [-0.2, -0.15) is 5.06 Å². The van der Waals surface area contributed by atoms with Crippen molar-refractivity contribution in [3.63, 3.8) is 0 Å². The second-order valence-corrected chi connectivity index (χ2v) is 18.0. The summed E-state index contributed by atoms with van der Waals surface area (Å²) in [5.74, 6) is 0.891. The van der Waals surface area contributed by atoms with Crippen LogP contribution in [0.25, 0.3) is 11.1 Å². The first kappa shape index (κ1) is 43.8. The van der Waals surface area contributed by atoms with Gasteiger partial charge in [0.05, 0.1) is 33.0 Å². The van der Waals surface area contributed by atoms with E-state index in [-0.39, 0.29) is 49.1 Å². The topological polar surface area (TPSA) is 147 Å². The number of aliphatic hydroxyl groups is 3. The largest absolute Gasteiger partial charge is 0.496 e. The fourth-order valence-electron chi connectivity index (χ4n) is 10.2. The molecule has 1 heterocycles. The maximum Gasteiger partial charge on any atom is 0.251 e. The van der Waals surface area contributed by atoms with Crippen molar-refractivity contribution >= 4 is 17.5 Å². The zero-order chi connectivity index (χ0) is 41.9. The van der Waals surface area contributed by atoms with E-state index in [1.165, 1.54) is 12.0 Å². The summed E-state index contributed by atoms with van der Waals surface area (Å²) in [5.41, 5.74) is 4.93. The van der Waals surface area contributed by atoms with Crippen LogP contribution in [0.3, 0.4) is 0 Å². The number of fused-ring (bicyclic) bond motifs is 2. The number of allylic oxidation sites excluding steroid dienone is 3. The predicted molar refractivity (Wildman–Crippen MR) is 227 cm³/mol. The van der Waals surface area contributed by atoms with Gasteiger partial charge in [-0.25, -0.2) is 0 Å². The van der Waals surface area contributed by atoms with Crippen molar-refractivity contribution < 1.29 is 34.5 Å². The number of hydroxylamine groups is 2. The minimum Gasteiger partial charge on any atom is -0.496 e. The Morgan fingerprint density at radius 1 is 1.10 bits per heavy atom. The third kappa shape index (κ3) is 9.32. The van der Waals surface area contributed by atoms with Crippen LogP contribution in [-0.4, -0.2) is 122 Å². The first-order chi connectivity index (χ1) is 27.7. The zero-order valence-electron chi connectivity index (χ0n) is 35.8. The lowest BCUT2D eigenvalue weighted by molar-refractivity contribution is -0.183. The number of likely N-dealkylation sites (N-methyl/N-ethyl adjacent to an activating group) is 2. The number of nitrogens with zero attached hydrogens (tertiary/aromatic N) is 3. The van der Waals surface area contributed by atoms with Gasteiger partial charge in [-0.1, -0.05) is 62.8 Å². The highest BCUT2D eigenvalue weighted by Crippen LogP contribution is 2.61. The summed E-state index contributed by atoms with van der Waals surface area (Å²) in [6.07, 6.45) is 9.74. The van der Waals surface area contributed by atoms with Gasteiger partial charge in [0.25, 0.3) is 5.91 Å². The molecule has 2 aromatic carbocycles. The number of methoxy groups -OCH3 is 1. The van der Waals surface area contributed by atoms with Crippen LogP contribution in [0, 0.1) is 29.1 Å². The number of ether oxygens (including phenoxy) is 1. The molecule has 2 aromatic rings. The smallest absolute Gasteiger partial charge is 0.251 e. The van der Waals surface area contributed by atoms with Crippen LogP contribution < -0.4 is 20.3 Å². The summed E-state index contributed by atoms with van der Waals surface area (Å²) in [4.78, 5) is 38.8. The molecule has 1 aliphatic heterocycles. The first-order valence-electron chi connectivity index (χ1n) is 21.1. The fraction of sp³-hybridized carbons (Fsp3) is 0.609. The Labute approximate surface area is 345 Å². The van der Waals surface area contributed by atoms with Crippen molar-refractivity contribution in [2.45, 2.75) is 96.7 Å². The molecule has 58 heavy (non-hydrogen) atoms. The molecule has 5 aliphatic rings. The lowest BCUT2D eigenvalue weighted by Crippen LogP contribution is -2.62. The Hall–Kier alpha value is -3.78. The number of hydrogen-bond acceptors (Lipinski definition) is 10. The Bertz CT molecular complexity index is 1830. The monoisotopic (exact) mass is 802 g/mol. The van der Waals surface area contributed by atoms with Crippen molar-refractivity contribution in [2.75, 3.05) is 59.5 Å². The van der Waals surface area contributed by atoms with Gasteiger partial charge in [-0.05, 0) is 100 Å². The van der Waals surface area contributed by atoms with Crippen molar-refractivity contribution in [1.82, 2.24) is 20.6 Å². The Balaban J connectivity index is 1.30. The number of carbonyl (C=O) groups is 2. The number of rotatable bonds is 17. The summed E-state index contributed by atoms with van der Waals surface area (Å²) in [7, 11) is 7.48. The lowest BCUT2D eigenvalue weighted by atomic mass is 9.45. The number of benzene rings is 2. The average molecular weight is 802 g/mol. The van der Waals surface area contributed by atoms with Gasteiger partial charge >= 0.3 is 0 Å². The highest BCUT2D eigenvalue weighted by atomic mass is 16.7. The van der Waals surface area contributed by atoms with Gasteiger partial charge in [0.15, 0.2) is 0 Å². The predicted octanol–water partition coefficient (Wildman–Crippen LogP) is 4.78. The number of nitrogens with one attached hydrogen (secondary N) is 2. The van der Waals surface area contributed by atoms with Crippen molar-refractivity contribution in [3.8, 4) is 16.9 Å². The van der Waals surface area contributed by atoms with E-state index in [2.05, 4.69) is 54.5 Å². The van der Waals surface area contributed by atoms with Gasteiger partial charge in [-0.15, -0.1) is 0 Å². The summed E-state index contributed by atoms with van der Waals surface area (Å²) in [5, 5.41) is 39.5. The minimum absolute atomic E-state index is 0.0220. The molecule has 4 aliphatic carbocycles. The van der Waals surface area contributed by atoms with E-state index in [4.69, 9.17) is 9.57 Å². The molecule has 7 rings (SSSR count). The number of aliphatic hydroxyl groups excluding tert-OH is 3. The van der Waals surface area contributed by atoms with E-state index in [1.807, 2.05) is 62.4 Å².